The van der Waals surface area contributed by atoms with Gasteiger partial charge in [0.2, 0.25) is 0 Å². The Labute approximate surface area is 135 Å². The highest BCUT2D eigenvalue weighted by Crippen LogP contribution is 2.09. The van der Waals surface area contributed by atoms with Gasteiger partial charge in [-0.25, -0.2) is 0 Å². The van der Waals surface area contributed by atoms with E-state index in [4.69, 9.17) is 0 Å². The molecule has 0 aliphatic heterocycles. The monoisotopic (exact) mass is 305 g/mol. The summed E-state index contributed by atoms with van der Waals surface area (Å²) in [5.74, 6) is -0.0382. The highest BCUT2D eigenvalue weighted by molar-refractivity contribution is 5.95. The van der Waals surface area contributed by atoms with Crippen molar-refractivity contribution in [2.24, 2.45) is 0 Å². The van der Waals surface area contributed by atoms with Gasteiger partial charge in [0, 0.05) is 24.5 Å². The molecule has 1 amide bonds. The van der Waals surface area contributed by atoms with Crippen LogP contribution in [0.5, 0.6) is 0 Å². The van der Waals surface area contributed by atoms with Crippen molar-refractivity contribution in [2.45, 2.75) is 20.0 Å². The summed E-state index contributed by atoms with van der Waals surface area (Å²) in [6, 6.07) is 17.7. The lowest BCUT2D eigenvalue weighted by molar-refractivity contribution is 0.0950. The van der Waals surface area contributed by atoms with Crippen LogP contribution >= 0.6 is 0 Å². The maximum Gasteiger partial charge on any atom is 0.251 e. The number of carbonyl (C=O) groups excluding carboxylic acids is 1. The van der Waals surface area contributed by atoms with Gasteiger partial charge in [0.05, 0.1) is 6.54 Å². The van der Waals surface area contributed by atoms with Crippen LogP contribution in [0.4, 0.5) is 0 Å². The molecule has 0 radical (unpaired) electrons. The Morgan fingerprint density at radius 1 is 1.04 bits per heavy atom. The molecule has 23 heavy (non-hydrogen) atoms. The minimum atomic E-state index is -0.0382. The molecule has 116 valence electrons. The van der Waals surface area contributed by atoms with Crippen LogP contribution in [0, 0.1) is 6.92 Å². The number of benzene rings is 2. The standard InChI is InChI=1S/C19H19N3O/c1-15-5-2-3-6-18(15)19(23)20-13-16-7-9-17(10-8-16)14-22-12-4-11-21-22/h2-12H,13-14H2,1H3,(H,20,23). The maximum atomic E-state index is 12.2. The third-order valence-electron chi connectivity index (χ3n) is 3.77. The molecule has 4 heteroatoms. The summed E-state index contributed by atoms with van der Waals surface area (Å²) in [5.41, 5.74) is 3.97. The summed E-state index contributed by atoms with van der Waals surface area (Å²) in [5, 5.41) is 7.16. The van der Waals surface area contributed by atoms with Gasteiger partial charge >= 0.3 is 0 Å². The first-order valence-electron chi connectivity index (χ1n) is 7.61. The van der Waals surface area contributed by atoms with E-state index in [0.29, 0.717) is 6.54 Å². The van der Waals surface area contributed by atoms with E-state index >= 15 is 0 Å². The van der Waals surface area contributed by atoms with Crippen molar-refractivity contribution >= 4 is 5.91 Å². The molecule has 0 aliphatic rings. The predicted molar refractivity (Wildman–Crippen MR) is 90.1 cm³/mol. The lowest BCUT2D eigenvalue weighted by atomic mass is 10.1. The van der Waals surface area contributed by atoms with Crippen LogP contribution in [0.1, 0.15) is 27.0 Å². The fourth-order valence-corrected chi connectivity index (χ4v) is 2.45. The van der Waals surface area contributed by atoms with E-state index in [2.05, 4.69) is 22.5 Å². The van der Waals surface area contributed by atoms with E-state index in [1.165, 1.54) is 5.56 Å². The lowest BCUT2D eigenvalue weighted by Gasteiger charge is -2.08. The smallest absolute Gasteiger partial charge is 0.251 e. The minimum absolute atomic E-state index is 0.0382. The number of rotatable bonds is 5. The van der Waals surface area contributed by atoms with E-state index in [9.17, 15) is 4.79 Å². The van der Waals surface area contributed by atoms with Gasteiger partial charge in [-0.2, -0.15) is 5.10 Å². The van der Waals surface area contributed by atoms with Crippen molar-refractivity contribution in [3.63, 3.8) is 0 Å². The zero-order chi connectivity index (χ0) is 16.1. The highest BCUT2D eigenvalue weighted by atomic mass is 16.1. The van der Waals surface area contributed by atoms with E-state index < -0.39 is 0 Å². The molecule has 0 saturated heterocycles. The Morgan fingerprint density at radius 2 is 1.78 bits per heavy atom. The second-order valence-corrected chi connectivity index (χ2v) is 5.52. The van der Waals surface area contributed by atoms with E-state index in [1.807, 2.05) is 60.3 Å². The molecular weight excluding hydrogens is 286 g/mol. The zero-order valence-corrected chi connectivity index (χ0v) is 13.1. The van der Waals surface area contributed by atoms with Gasteiger partial charge in [-0.05, 0) is 35.7 Å². The summed E-state index contributed by atoms with van der Waals surface area (Å²) in [6.45, 7) is 3.22. The predicted octanol–water partition coefficient (Wildman–Crippen LogP) is 3.17. The summed E-state index contributed by atoms with van der Waals surface area (Å²) in [7, 11) is 0. The average molecular weight is 305 g/mol. The quantitative estimate of drug-likeness (QED) is 0.787. The number of hydrogen-bond donors (Lipinski definition) is 1. The maximum absolute atomic E-state index is 12.2. The Morgan fingerprint density at radius 3 is 2.48 bits per heavy atom. The molecule has 1 heterocycles. The van der Waals surface area contributed by atoms with Crippen LogP contribution in [0.25, 0.3) is 0 Å². The first kappa shape index (κ1) is 15.0. The van der Waals surface area contributed by atoms with Crippen LogP contribution in [0.15, 0.2) is 67.0 Å². The minimum Gasteiger partial charge on any atom is -0.348 e. The summed E-state index contributed by atoms with van der Waals surface area (Å²) in [4.78, 5) is 12.2. The number of nitrogens with one attached hydrogen (secondary N) is 1. The normalized spacial score (nSPS) is 10.5. The molecule has 0 saturated carbocycles. The fourth-order valence-electron chi connectivity index (χ4n) is 2.45. The van der Waals surface area contributed by atoms with Crippen molar-refractivity contribution < 1.29 is 4.79 Å². The van der Waals surface area contributed by atoms with Gasteiger partial charge in [-0.15, -0.1) is 0 Å². The Balaban J connectivity index is 1.58. The Kier molecular flexibility index (Phi) is 4.52. The van der Waals surface area contributed by atoms with Gasteiger partial charge in [-0.1, -0.05) is 42.5 Å². The molecule has 0 aliphatic carbocycles. The third-order valence-corrected chi connectivity index (χ3v) is 3.77. The summed E-state index contributed by atoms with van der Waals surface area (Å²) < 4.78 is 1.88. The average Bonchev–Trinajstić information content (AvgIpc) is 3.07. The van der Waals surface area contributed by atoms with Crippen LogP contribution in [-0.2, 0) is 13.1 Å². The van der Waals surface area contributed by atoms with Crippen molar-refractivity contribution in [2.75, 3.05) is 0 Å². The molecule has 3 rings (SSSR count). The largest absolute Gasteiger partial charge is 0.348 e. The van der Waals surface area contributed by atoms with E-state index in [-0.39, 0.29) is 5.91 Å². The molecule has 3 aromatic rings. The second kappa shape index (κ2) is 6.92. The molecule has 4 nitrogen and oxygen atoms in total. The number of hydrogen-bond acceptors (Lipinski definition) is 2. The van der Waals surface area contributed by atoms with Crippen molar-refractivity contribution in [1.29, 1.82) is 0 Å². The van der Waals surface area contributed by atoms with Gasteiger partial charge in [-0.3, -0.25) is 9.48 Å². The Bertz CT molecular complexity index is 777. The molecule has 0 fully saturated rings. The van der Waals surface area contributed by atoms with Gasteiger partial charge < -0.3 is 5.32 Å². The van der Waals surface area contributed by atoms with Gasteiger partial charge in [0.1, 0.15) is 0 Å². The van der Waals surface area contributed by atoms with Crippen LogP contribution in [0.2, 0.25) is 0 Å². The van der Waals surface area contributed by atoms with Crippen molar-refractivity contribution in [3.8, 4) is 0 Å². The number of carbonyl (C=O) groups is 1. The van der Waals surface area contributed by atoms with E-state index in [1.54, 1.807) is 6.20 Å². The van der Waals surface area contributed by atoms with Crippen molar-refractivity contribution in [1.82, 2.24) is 15.1 Å². The molecule has 2 aromatic carbocycles. The van der Waals surface area contributed by atoms with Crippen molar-refractivity contribution in [3.05, 3.63) is 89.2 Å². The van der Waals surface area contributed by atoms with E-state index in [0.717, 1.165) is 23.2 Å². The molecule has 1 N–H and O–H groups in total. The topological polar surface area (TPSA) is 46.9 Å². The number of nitrogens with zero attached hydrogens (tertiary/aromatic N) is 2. The molecule has 0 unspecified atom stereocenters. The zero-order valence-electron chi connectivity index (χ0n) is 13.1. The third kappa shape index (κ3) is 3.86. The SMILES string of the molecule is Cc1ccccc1C(=O)NCc1ccc(Cn2cccn2)cc1. The highest BCUT2D eigenvalue weighted by Gasteiger charge is 2.07. The fraction of sp³-hybridized carbons (Fsp3) is 0.158. The lowest BCUT2D eigenvalue weighted by Crippen LogP contribution is -2.23. The number of aryl methyl sites for hydroxylation is 1. The van der Waals surface area contributed by atoms with Gasteiger partial charge in [0.25, 0.3) is 5.91 Å². The molecular formula is C19H19N3O. The number of aromatic nitrogens is 2. The molecule has 0 atom stereocenters. The summed E-state index contributed by atoms with van der Waals surface area (Å²) in [6.07, 6.45) is 3.71. The number of amides is 1. The Hall–Kier alpha value is -2.88. The molecule has 0 spiro atoms. The second-order valence-electron chi connectivity index (χ2n) is 5.52. The first-order valence-corrected chi connectivity index (χ1v) is 7.61. The van der Waals surface area contributed by atoms with Crippen LogP contribution in [-0.4, -0.2) is 15.7 Å². The van der Waals surface area contributed by atoms with Crippen LogP contribution < -0.4 is 5.32 Å². The summed E-state index contributed by atoms with van der Waals surface area (Å²) >= 11 is 0. The van der Waals surface area contributed by atoms with Gasteiger partial charge in [0.15, 0.2) is 0 Å². The van der Waals surface area contributed by atoms with Crippen LogP contribution in [0.3, 0.4) is 0 Å². The first-order chi connectivity index (χ1) is 11.2. The molecule has 0 bridgehead atoms. The molecule has 1 aromatic heterocycles.